The topological polar surface area (TPSA) is 71.5 Å². The van der Waals surface area contributed by atoms with Gasteiger partial charge in [-0.1, -0.05) is 0 Å². The molecule has 0 spiro atoms. The SMILES string of the molecule is CC(C)(C)OC(=O)N1CCC(CSC(C)(C)C(=O)Nc2ccc(C(F)(F)F)cn2)CC1. The number of rotatable bonds is 5. The van der Waals surface area contributed by atoms with Crippen molar-refractivity contribution in [3.63, 3.8) is 0 Å². The first-order valence-electron chi connectivity index (χ1n) is 10.1. The van der Waals surface area contributed by atoms with Crippen molar-refractivity contribution in [1.29, 1.82) is 0 Å². The molecule has 0 atom stereocenters. The normalized spacial score (nSPS) is 16.2. The van der Waals surface area contributed by atoms with Gasteiger partial charge in [0, 0.05) is 19.3 Å². The number of nitrogens with zero attached hydrogens (tertiary/aromatic N) is 2. The van der Waals surface area contributed by atoms with Gasteiger partial charge in [-0.2, -0.15) is 13.2 Å². The lowest BCUT2D eigenvalue weighted by Crippen LogP contribution is -2.42. The summed E-state index contributed by atoms with van der Waals surface area (Å²) in [4.78, 5) is 30.2. The Morgan fingerprint density at radius 2 is 1.77 bits per heavy atom. The van der Waals surface area contributed by atoms with Crippen LogP contribution in [0.15, 0.2) is 18.3 Å². The first-order valence-corrected chi connectivity index (χ1v) is 11.1. The van der Waals surface area contributed by atoms with Crippen molar-refractivity contribution in [2.45, 2.75) is 64.0 Å². The first-order chi connectivity index (χ1) is 14.2. The van der Waals surface area contributed by atoms with Crippen LogP contribution in [0.5, 0.6) is 0 Å². The maximum absolute atomic E-state index is 12.6. The van der Waals surface area contributed by atoms with Gasteiger partial charge in [0.2, 0.25) is 5.91 Å². The van der Waals surface area contributed by atoms with E-state index in [2.05, 4.69) is 10.3 Å². The highest BCUT2D eigenvalue weighted by Gasteiger charge is 2.33. The second-order valence-electron chi connectivity index (χ2n) is 9.12. The average Bonchev–Trinajstić information content (AvgIpc) is 2.65. The Labute approximate surface area is 185 Å². The molecule has 1 aliphatic heterocycles. The van der Waals surface area contributed by atoms with Crippen molar-refractivity contribution in [2.24, 2.45) is 5.92 Å². The van der Waals surface area contributed by atoms with Gasteiger partial charge in [-0.25, -0.2) is 9.78 Å². The Morgan fingerprint density at radius 1 is 1.16 bits per heavy atom. The lowest BCUT2D eigenvalue weighted by atomic mass is 9.99. The molecule has 0 unspecified atom stereocenters. The Hall–Kier alpha value is -1.97. The minimum absolute atomic E-state index is 0.0809. The van der Waals surface area contributed by atoms with E-state index in [0.29, 0.717) is 25.2 Å². The fraction of sp³-hybridized carbons (Fsp3) is 0.667. The van der Waals surface area contributed by atoms with Crippen LogP contribution in [-0.4, -0.2) is 51.1 Å². The van der Waals surface area contributed by atoms with Gasteiger partial charge in [0.25, 0.3) is 0 Å². The summed E-state index contributed by atoms with van der Waals surface area (Å²) in [6, 6.07) is 2.04. The monoisotopic (exact) mass is 461 g/mol. The molecule has 10 heteroatoms. The molecule has 1 aromatic rings. The number of likely N-dealkylation sites (tertiary alicyclic amines) is 1. The molecule has 2 amide bonds. The summed E-state index contributed by atoms with van der Waals surface area (Å²) >= 11 is 1.49. The lowest BCUT2D eigenvalue weighted by Gasteiger charge is -2.34. The number of nitrogens with one attached hydrogen (secondary N) is 1. The highest BCUT2D eigenvalue weighted by atomic mass is 32.2. The molecule has 1 N–H and O–H groups in total. The summed E-state index contributed by atoms with van der Waals surface area (Å²) in [5.41, 5.74) is -1.39. The number of alkyl halides is 3. The average molecular weight is 462 g/mol. The van der Waals surface area contributed by atoms with Crippen molar-refractivity contribution < 1.29 is 27.5 Å². The molecule has 2 heterocycles. The molecule has 0 aromatic carbocycles. The van der Waals surface area contributed by atoms with Gasteiger partial charge in [0.05, 0.1) is 10.3 Å². The number of halogens is 3. The van der Waals surface area contributed by atoms with Crippen LogP contribution in [0.4, 0.5) is 23.8 Å². The molecule has 1 fully saturated rings. The van der Waals surface area contributed by atoms with E-state index in [-0.39, 0.29) is 17.8 Å². The van der Waals surface area contributed by atoms with Gasteiger partial charge in [-0.3, -0.25) is 4.79 Å². The van der Waals surface area contributed by atoms with Gasteiger partial charge < -0.3 is 15.0 Å². The van der Waals surface area contributed by atoms with Crippen LogP contribution >= 0.6 is 11.8 Å². The largest absolute Gasteiger partial charge is 0.444 e. The molecule has 0 radical (unpaired) electrons. The maximum atomic E-state index is 12.6. The fourth-order valence-corrected chi connectivity index (χ4v) is 4.07. The molecular weight excluding hydrogens is 431 g/mol. The predicted octanol–water partition coefficient (Wildman–Crippen LogP) is 5.20. The Kier molecular flexibility index (Phi) is 7.89. The highest BCUT2D eigenvalue weighted by Crippen LogP contribution is 2.32. The Morgan fingerprint density at radius 3 is 2.26 bits per heavy atom. The van der Waals surface area contributed by atoms with Gasteiger partial charge in [-0.05, 0) is 71.3 Å². The van der Waals surface area contributed by atoms with Crippen molar-refractivity contribution in [1.82, 2.24) is 9.88 Å². The molecular formula is C21H30F3N3O3S. The minimum atomic E-state index is -4.47. The number of thioether (sulfide) groups is 1. The maximum Gasteiger partial charge on any atom is 0.417 e. The quantitative estimate of drug-likeness (QED) is 0.653. The van der Waals surface area contributed by atoms with Crippen LogP contribution in [0.2, 0.25) is 0 Å². The standard InChI is InChI=1S/C21H30F3N3O3S/c1-19(2,3)30-18(29)27-10-8-14(9-11-27)13-31-20(4,5)17(28)26-16-7-6-15(12-25-16)21(22,23)24/h6-7,12,14H,8-11,13H2,1-5H3,(H,25,26,28). The molecule has 1 aliphatic rings. The van der Waals surface area contributed by atoms with E-state index in [0.717, 1.165) is 30.7 Å². The van der Waals surface area contributed by atoms with E-state index in [4.69, 9.17) is 4.74 Å². The minimum Gasteiger partial charge on any atom is -0.444 e. The summed E-state index contributed by atoms with van der Waals surface area (Å²) in [6.07, 6.45) is -2.42. The van der Waals surface area contributed by atoms with Crippen molar-refractivity contribution in [2.75, 3.05) is 24.2 Å². The van der Waals surface area contributed by atoms with E-state index >= 15 is 0 Å². The summed E-state index contributed by atoms with van der Waals surface area (Å²) in [7, 11) is 0. The molecule has 0 bridgehead atoms. The molecule has 1 aromatic heterocycles. The van der Waals surface area contributed by atoms with E-state index in [9.17, 15) is 22.8 Å². The van der Waals surface area contributed by atoms with Crippen LogP contribution in [0, 0.1) is 5.92 Å². The van der Waals surface area contributed by atoms with Crippen molar-refractivity contribution >= 4 is 29.6 Å². The van der Waals surface area contributed by atoms with E-state index < -0.39 is 22.1 Å². The zero-order valence-electron chi connectivity index (χ0n) is 18.5. The van der Waals surface area contributed by atoms with Crippen LogP contribution < -0.4 is 5.32 Å². The lowest BCUT2D eigenvalue weighted by molar-refractivity contribution is -0.137. The zero-order valence-corrected chi connectivity index (χ0v) is 19.3. The number of carbonyl (C=O) groups is 2. The van der Waals surface area contributed by atoms with Gasteiger partial charge in [0.15, 0.2) is 0 Å². The zero-order chi connectivity index (χ0) is 23.4. The van der Waals surface area contributed by atoms with Crippen LogP contribution in [-0.2, 0) is 15.7 Å². The molecule has 6 nitrogen and oxygen atoms in total. The van der Waals surface area contributed by atoms with Crippen molar-refractivity contribution in [3.05, 3.63) is 23.9 Å². The number of hydrogen-bond acceptors (Lipinski definition) is 5. The second kappa shape index (κ2) is 9.67. The summed E-state index contributed by atoms with van der Waals surface area (Å²) in [5.74, 6) is 0.858. The third-order valence-corrected chi connectivity index (χ3v) is 6.37. The number of anilines is 1. The van der Waals surface area contributed by atoms with E-state index in [1.54, 1.807) is 18.7 Å². The number of ether oxygens (including phenoxy) is 1. The van der Waals surface area contributed by atoms with Gasteiger partial charge in [0.1, 0.15) is 11.4 Å². The smallest absolute Gasteiger partial charge is 0.417 e. The molecule has 2 rings (SSSR count). The summed E-state index contributed by atoms with van der Waals surface area (Å²) < 4.78 is 42.5. The number of hydrogen-bond donors (Lipinski definition) is 1. The van der Waals surface area contributed by atoms with Crippen LogP contribution in [0.3, 0.4) is 0 Å². The van der Waals surface area contributed by atoms with Crippen molar-refractivity contribution in [3.8, 4) is 0 Å². The Balaban J connectivity index is 1.81. The molecule has 0 aliphatic carbocycles. The third-order valence-electron chi connectivity index (χ3n) is 4.83. The molecule has 174 valence electrons. The highest BCUT2D eigenvalue weighted by molar-refractivity contribution is 8.01. The molecule has 1 saturated heterocycles. The molecule has 31 heavy (non-hydrogen) atoms. The van der Waals surface area contributed by atoms with E-state index in [1.165, 1.54) is 11.8 Å². The van der Waals surface area contributed by atoms with Gasteiger partial charge >= 0.3 is 12.3 Å². The first kappa shape index (κ1) is 25.3. The van der Waals surface area contributed by atoms with Gasteiger partial charge in [-0.15, -0.1) is 11.8 Å². The van der Waals surface area contributed by atoms with Crippen LogP contribution in [0.25, 0.3) is 0 Å². The summed E-state index contributed by atoms with van der Waals surface area (Å²) in [5, 5.41) is 2.58. The number of carbonyl (C=O) groups excluding carboxylic acids is 2. The second-order valence-corrected chi connectivity index (χ2v) is 10.8. The fourth-order valence-electron chi connectivity index (χ4n) is 2.90. The third kappa shape index (κ3) is 7.90. The predicted molar refractivity (Wildman–Crippen MR) is 115 cm³/mol. The number of amides is 2. The Bertz CT molecular complexity index is 769. The van der Waals surface area contributed by atoms with Crippen LogP contribution in [0.1, 0.15) is 53.0 Å². The number of pyridine rings is 1. The summed E-state index contributed by atoms with van der Waals surface area (Å²) in [6.45, 7) is 10.3. The number of aromatic nitrogens is 1. The van der Waals surface area contributed by atoms with E-state index in [1.807, 2.05) is 20.8 Å². The molecule has 0 saturated carbocycles. The number of piperidine rings is 1.